The van der Waals surface area contributed by atoms with Gasteiger partial charge in [0.15, 0.2) is 6.61 Å². The third-order valence-corrected chi connectivity index (χ3v) is 6.86. The van der Waals surface area contributed by atoms with E-state index in [1.807, 2.05) is 11.4 Å². The molecule has 0 aliphatic heterocycles. The van der Waals surface area contributed by atoms with E-state index < -0.39 is 11.9 Å². The van der Waals surface area contributed by atoms with Gasteiger partial charge in [-0.15, -0.1) is 11.3 Å². The van der Waals surface area contributed by atoms with Gasteiger partial charge in [-0.05, 0) is 67.5 Å². The van der Waals surface area contributed by atoms with Crippen LogP contribution in [0.5, 0.6) is 5.75 Å². The van der Waals surface area contributed by atoms with Crippen LogP contribution in [0.25, 0.3) is 11.1 Å². The minimum absolute atomic E-state index is 0.240. The second kappa shape index (κ2) is 10.6. The van der Waals surface area contributed by atoms with Gasteiger partial charge in [-0.25, -0.2) is 4.79 Å². The van der Waals surface area contributed by atoms with Crippen LogP contribution in [0.1, 0.15) is 41.3 Å². The number of fused-ring (bicyclic) bond motifs is 1. The molecule has 1 aliphatic carbocycles. The van der Waals surface area contributed by atoms with E-state index in [1.165, 1.54) is 35.3 Å². The molecule has 1 N–H and O–H groups in total. The summed E-state index contributed by atoms with van der Waals surface area (Å²) in [5.41, 5.74) is 4.74. The van der Waals surface area contributed by atoms with E-state index in [9.17, 15) is 9.59 Å². The number of carbonyl (C=O) groups excluding carboxylic acids is 2. The first-order valence-electron chi connectivity index (χ1n) is 10.7. The smallest absolute Gasteiger partial charge is 0.341 e. The number of benzene rings is 2. The van der Waals surface area contributed by atoms with Gasteiger partial charge in [0, 0.05) is 16.0 Å². The van der Waals surface area contributed by atoms with Crippen LogP contribution in [0, 0.1) is 0 Å². The lowest BCUT2D eigenvalue weighted by molar-refractivity contribution is -0.118. The highest BCUT2D eigenvalue weighted by atomic mass is 35.5. The quantitative estimate of drug-likeness (QED) is 0.360. The largest absolute Gasteiger partial charge is 0.482 e. The van der Waals surface area contributed by atoms with Crippen LogP contribution in [0.15, 0.2) is 41.8 Å². The number of nitrogens with one attached hydrogen (secondary N) is 1. The average molecular weight is 504 g/mol. The first-order chi connectivity index (χ1) is 16.0. The molecule has 0 saturated heterocycles. The highest BCUT2D eigenvalue weighted by molar-refractivity contribution is 7.15. The summed E-state index contributed by atoms with van der Waals surface area (Å²) in [6, 6.07) is 11.1. The summed E-state index contributed by atoms with van der Waals surface area (Å²) in [6.45, 7) is 1.73. The molecule has 0 spiro atoms. The second-order valence-electron chi connectivity index (χ2n) is 7.68. The predicted octanol–water partition coefficient (Wildman–Crippen LogP) is 6.79. The first-order valence-corrected chi connectivity index (χ1v) is 12.4. The topological polar surface area (TPSA) is 64.6 Å². The molecule has 1 amide bonds. The summed E-state index contributed by atoms with van der Waals surface area (Å²) in [6.07, 6.45) is 4.50. The molecule has 33 heavy (non-hydrogen) atoms. The maximum atomic E-state index is 12.8. The summed E-state index contributed by atoms with van der Waals surface area (Å²) in [4.78, 5) is 25.4. The molecule has 4 rings (SSSR count). The van der Waals surface area contributed by atoms with Gasteiger partial charge < -0.3 is 14.8 Å². The maximum Gasteiger partial charge on any atom is 0.341 e. The Labute approximate surface area is 206 Å². The van der Waals surface area contributed by atoms with Crippen molar-refractivity contribution in [2.45, 2.75) is 32.6 Å². The van der Waals surface area contributed by atoms with Crippen molar-refractivity contribution in [1.82, 2.24) is 0 Å². The number of carbonyl (C=O) groups is 2. The minimum atomic E-state index is -0.469. The lowest BCUT2D eigenvalue weighted by Crippen LogP contribution is -2.21. The zero-order valence-corrected chi connectivity index (χ0v) is 20.4. The van der Waals surface area contributed by atoms with Gasteiger partial charge >= 0.3 is 5.97 Å². The number of hydrogen-bond acceptors (Lipinski definition) is 5. The van der Waals surface area contributed by atoms with Crippen molar-refractivity contribution in [3.63, 3.8) is 0 Å². The van der Waals surface area contributed by atoms with Gasteiger partial charge in [-0.1, -0.05) is 41.4 Å². The Morgan fingerprint density at radius 3 is 2.61 bits per heavy atom. The number of ether oxygens (including phenoxy) is 2. The fourth-order valence-electron chi connectivity index (χ4n) is 3.87. The standard InChI is InChI=1S/C25H23Cl2NO4S/c1-2-31-25(30)23-19(17-8-7-15-5-3-4-6-16(15)11-17)14-33-24(23)28-22(29)13-32-21-10-9-18(26)12-20(21)27/h7-12,14H,2-6,13H2,1H3,(H,28,29). The molecule has 0 radical (unpaired) electrons. The Balaban J connectivity index is 1.56. The van der Waals surface area contributed by atoms with E-state index >= 15 is 0 Å². The van der Waals surface area contributed by atoms with Crippen molar-refractivity contribution in [3.05, 3.63) is 68.5 Å². The number of aryl methyl sites for hydroxylation is 2. The lowest BCUT2D eigenvalue weighted by Gasteiger charge is -2.17. The van der Waals surface area contributed by atoms with Gasteiger partial charge in [0.25, 0.3) is 5.91 Å². The Morgan fingerprint density at radius 1 is 1.06 bits per heavy atom. The van der Waals surface area contributed by atoms with Crippen molar-refractivity contribution >= 4 is 51.4 Å². The number of thiophene rings is 1. The normalized spacial score (nSPS) is 12.7. The van der Waals surface area contributed by atoms with E-state index in [-0.39, 0.29) is 13.2 Å². The van der Waals surface area contributed by atoms with Crippen LogP contribution in [0.4, 0.5) is 5.00 Å². The van der Waals surface area contributed by atoms with Crippen LogP contribution in [0.2, 0.25) is 10.0 Å². The summed E-state index contributed by atoms with van der Waals surface area (Å²) < 4.78 is 10.8. The van der Waals surface area contributed by atoms with Crippen molar-refractivity contribution in [2.24, 2.45) is 0 Å². The van der Waals surface area contributed by atoms with Crippen LogP contribution >= 0.6 is 34.5 Å². The number of hydrogen-bond donors (Lipinski definition) is 1. The Hall–Kier alpha value is -2.54. The monoisotopic (exact) mass is 503 g/mol. The summed E-state index contributed by atoms with van der Waals surface area (Å²) in [5.74, 6) is -0.531. The Kier molecular flexibility index (Phi) is 7.58. The number of halogens is 2. The van der Waals surface area contributed by atoms with Crippen molar-refractivity contribution < 1.29 is 19.1 Å². The third kappa shape index (κ3) is 5.52. The minimum Gasteiger partial charge on any atom is -0.482 e. The lowest BCUT2D eigenvalue weighted by atomic mass is 9.89. The molecule has 1 aliphatic rings. The number of esters is 1. The fourth-order valence-corrected chi connectivity index (χ4v) is 5.30. The molecule has 0 saturated carbocycles. The van der Waals surface area contributed by atoms with Crippen LogP contribution in [-0.4, -0.2) is 25.1 Å². The van der Waals surface area contributed by atoms with Gasteiger partial charge in [-0.2, -0.15) is 0 Å². The van der Waals surface area contributed by atoms with E-state index in [4.69, 9.17) is 32.7 Å². The zero-order chi connectivity index (χ0) is 23.4. The molecule has 172 valence electrons. The van der Waals surface area contributed by atoms with E-state index in [0.717, 1.165) is 24.0 Å². The van der Waals surface area contributed by atoms with Gasteiger partial charge in [0.1, 0.15) is 16.3 Å². The highest BCUT2D eigenvalue weighted by Gasteiger charge is 2.24. The summed E-state index contributed by atoms with van der Waals surface area (Å²) >= 11 is 13.3. The van der Waals surface area contributed by atoms with Gasteiger partial charge in [0.2, 0.25) is 0 Å². The first kappa shape index (κ1) is 23.6. The molecule has 5 nitrogen and oxygen atoms in total. The average Bonchev–Trinajstić information content (AvgIpc) is 3.22. The third-order valence-electron chi connectivity index (χ3n) is 5.44. The molecule has 0 atom stereocenters. The van der Waals surface area contributed by atoms with Crippen LogP contribution < -0.4 is 10.1 Å². The van der Waals surface area contributed by atoms with Crippen molar-refractivity contribution in [3.8, 4) is 16.9 Å². The molecule has 2 aromatic carbocycles. The highest BCUT2D eigenvalue weighted by Crippen LogP contribution is 2.38. The predicted molar refractivity (Wildman–Crippen MR) is 133 cm³/mol. The Morgan fingerprint density at radius 2 is 1.85 bits per heavy atom. The molecular weight excluding hydrogens is 481 g/mol. The Bertz CT molecular complexity index is 1190. The van der Waals surface area contributed by atoms with E-state index in [1.54, 1.807) is 25.1 Å². The fraction of sp³-hybridized carbons (Fsp3) is 0.280. The van der Waals surface area contributed by atoms with Crippen molar-refractivity contribution in [2.75, 3.05) is 18.5 Å². The van der Waals surface area contributed by atoms with Gasteiger partial charge in [-0.3, -0.25) is 4.79 Å². The number of anilines is 1. The maximum absolute atomic E-state index is 12.8. The van der Waals surface area contributed by atoms with E-state index in [0.29, 0.717) is 26.4 Å². The molecule has 1 heterocycles. The second-order valence-corrected chi connectivity index (χ2v) is 9.40. The van der Waals surface area contributed by atoms with Gasteiger partial charge in [0.05, 0.1) is 11.6 Å². The van der Waals surface area contributed by atoms with Crippen LogP contribution in [0.3, 0.4) is 0 Å². The molecule has 0 unspecified atom stereocenters. The SMILES string of the molecule is CCOC(=O)c1c(-c2ccc3c(c2)CCCC3)csc1NC(=O)COc1ccc(Cl)cc1Cl. The molecular formula is C25H23Cl2NO4S. The zero-order valence-electron chi connectivity index (χ0n) is 18.1. The molecule has 1 aromatic heterocycles. The number of rotatable bonds is 7. The van der Waals surface area contributed by atoms with Crippen molar-refractivity contribution in [1.29, 1.82) is 0 Å². The number of amides is 1. The summed E-state index contributed by atoms with van der Waals surface area (Å²) in [7, 11) is 0. The summed E-state index contributed by atoms with van der Waals surface area (Å²) in [5, 5.41) is 5.88. The molecule has 3 aromatic rings. The molecule has 0 fully saturated rings. The van der Waals surface area contributed by atoms with Crippen LogP contribution in [-0.2, 0) is 22.4 Å². The van der Waals surface area contributed by atoms with E-state index in [2.05, 4.69) is 17.4 Å². The molecule has 8 heteroatoms. The molecule has 0 bridgehead atoms.